The summed E-state index contributed by atoms with van der Waals surface area (Å²) in [5.41, 5.74) is 1.67. The molecule has 0 saturated heterocycles. The minimum Gasteiger partial charge on any atom is -0.478 e. The molecule has 2 aromatic rings. The lowest BCUT2D eigenvalue weighted by Gasteiger charge is -2.07. The first kappa shape index (κ1) is 17.1. The van der Waals surface area contributed by atoms with Gasteiger partial charge in [0.1, 0.15) is 0 Å². The van der Waals surface area contributed by atoms with Crippen molar-refractivity contribution < 1.29 is 14.7 Å². The maximum Gasteiger partial charge on any atom is 0.335 e. The molecule has 122 valence electrons. The molecule has 5 nitrogen and oxygen atoms in total. The Hall–Kier alpha value is -2.21. The second-order valence-corrected chi connectivity index (χ2v) is 6.46. The third-order valence-corrected chi connectivity index (χ3v) is 4.56. The van der Waals surface area contributed by atoms with Gasteiger partial charge in [-0.2, -0.15) is 0 Å². The summed E-state index contributed by atoms with van der Waals surface area (Å²) in [7, 11) is 0. The minimum absolute atomic E-state index is 0.0663. The molecule has 0 unspecified atom stereocenters. The summed E-state index contributed by atoms with van der Waals surface area (Å²) in [6.45, 7) is 4.70. The van der Waals surface area contributed by atoms with E-state index < -0.39 is 5.97 Å². The Morgan fingerprint density at radius 2 is 2.04 bits per heavy atom. The molecule has 0 bridgehead atoms. The third kappa shape index (κ3) is 4.89. The number of aromatic nitrogens is 1. The number of hydrogen-bond acceptors (Lipinski definition) is 4. The van der Waals surface area contributed by atoms with Gasteiger partial charge in [0.05, 0.1) is 22.7 Å². The highest BCUT2D eigenvalue weighted by Crippen LogP contribution is 2.19. The van der Waals surface area contributed by atoms with Crippen LogP contribution in [0.25, 0.3) is 0 Å². The summed E-state index contributed by atoms with van der Waals surface area (Å²) in [6.07, 6.45) is 0.742. The number of rotatable bonds is 7. The number of aromatic carboxylic acids is 1. The van der Waals surface area contributed by atoms with Crippen molar-refractivity contribution in [3.05, 3.63) is 51.5 Å². The van der Waals surface area contributed by atoms with Crippen molar-refractivity contribution in [1.82, 2.24) is 10.3 Å². The number of benzene rings is 1. The van der Waals surface area contributed by atoms with Crippen LogP contribution in [0.1, 0.15) is 46.4 Å². The number of thiazole rings is 1. The van der Waals surface area contributed by atoms with Crippen LogP contribution in [0, 0.1) is 0 Å². The minimum atomic E-state index is -1.02. The summed E-state index contributed by atoms with van der Waals surface area (Å²) in [5.74, 6) is -0.786. The largest absolute Gasteiger partial charge is 0.478 e. The van der Waals surface area contributed by atoms with Crippen LogP contribution in [0.5, 0.6) is 0 Å². The Balaban J connectivity index is 1.84. The number of nitrogens with one attached hydrogen (secondary N) is 1. The second-order valence-electron chi connectivity index (χ2n) is 5.57. The van der Waals surface area contributed by atoms with E-state index in [2.05, 4.69) is 24.1 Å². The van der Waals surface area contributed by atoms with Crippen molar-refractivity contribution in [2.45, 2.75) is 32.6 Å². The van der Waals surface area contributed by atoms with E-state index in [-0.39, 0.29) is 17.9 Å². The Morgan fingerprint density at radius 1 is 1.30 bits per heavy atom. The molecule has 0 aliphatic rings. The number of carboxylic acids is 1. The van der Waals surface area contributed by atoms with Gasteiger partial charge in [0.15, 0.2) is 0 Å². The van der Waals surface area contributed by atoms with Crippen molar-refractivity contribution in [1.29, 1.82) is 0 Å². The van der Waals surface area contributed by atoms with Crippen molar-refractivity contribution in [3.63, 3.8) is 0 Å². The van der Waals surface area contributed by atoms with Crippen molar-refractivity contribution in [2.24, 2.45) is 0 Å². The fourth-order valence-electron chi connectivity index (χ4n) is 2.15. The van der Waals surface area contributed by atoms with Crippen LogP contribution in [0.2, 0.25) is 0 Å². The quantitative estimate of drug-likeness (QED) is 0.817. The molecule has 6 heteroatoms. The molecule has 1 aromatic carbocycles. The lowest BCUT2D eigenvalue weighted by atomic mass is 10.0. The van der Waals surface area contributed by atoms with E-state index in [1.165, 1.54) is 6.07 Å². The Kier molecular flexibility index (Phi) is 5.87. The van der Waals surface area contributed by atoms with E-state index in [4.69, 9.17) is 5.11 Å². The van der Waals surface area contributed by atoms with Gasteiger partial charge >= 0.3 is 5.97 Å². The zero-order valence-corrected chi connectivity index (χ0v) is 14.0. The van der Waals surface area contributed by atoms with E-state index in [1.54, 1.807) is 29.5 Å². The van der Waals surface area contributed by atoms with E-state index in [9.17, 15) is 9.59 Å². The molecule has 0 radical (unpaired) electrons. The zero-order chi connectivity index (χ0) is 16.8. The second kappa shape index (κ2) is 7.87. The molecule has 0 spiro atoms. The van der Waals surface area contributed by atoms with Crippen LogP contribution in [-0.2, 0) is 17.6 Å². The van der Waals surface area contributed by atoms with Crippen LogP contribution < -0.4 is 5.32 Å². The van der Waals surface area contributed by atoms with Gasteiger partial charge in [-0.25, -0.2) is 9.78 Å². The molecule has 1 amide bonds. The van der Waals surface area contributed by atoms with Crippen LogP contribution in [0.3, 0.4) is 0 Å². The van der Waals surface area contributed by atoms with Crippen LogP contribution >= 0.6 is 11.3 Å². The van der Waals surface area contributed by atoms with Crippen LogP contribution in [0.15, 0.2) is 29.6 Å². The Bertz CT molecular complexity index is 695. The standard InChI is InChI=1S/C17H20N2O3S/c1-11(2)16-19-13(10-23-16)7-8-18-15(20)9-12-5-3-4-6-14(12)17(21)22/h3-6,10-11H,7-9H2,1-2H3,(H,18,20)(H,21,22). The molecule has 2 N–H and O–H groups in total. The molecule has 0 aliphatic carbocycles. The molecule has 1 heterocycles. The summed E-state index contributed by atoms with van der Waals surface area (Å²) in [5, 5.41) is 15.0. The first-order valence-corrected chi connectivity index (χ1v) is 8.37. The fourth-order valence-corrected chi connectivity index (χ4v) is 3.02. The van der Waals surface area contributed by atoms with Gasteiger partial charge < -0.3 is 10.4 Å². The number of carbonyl (C=O) groups excluding carboxylic acids is 1. The van der Waals surface area contributed by atoms with Gasteiger partial charge in [-0.15, -0.1) is 11.3 Å². The number of hydrogen-bond donors (Lipinski definition) is 2. The molecule has 0 fully saturated rings. The molecule has 2 rings (SSSR count). The van der Waals surface area contributed by atoms with Gasteiger partial charge in [-0.05, 0) is 11.6 Å². The van der Waals surface area contributed by atoms with E-state index in [0.29, 0.717) is 24.4 Å². The summed E-state index contributed by atoms with van der Waals surface area (Å²) in [6, 6.07) is 6.56. The number of amides is 1. The monoisotopic (exact) mass is 332 g/mol. The van der Waals surface area contributed by atoms with Gasteiger partial charge in [0.2, 0.25) is 5.91 Å². The topological polar surface area (TPSA) is 79.3 Å². The van der Waals surface area contributed by atoms with E-state index in [0.717, 1.165) is 10.7 Å². The highest BCUT2D eigenvalue weighted by atomic mass is 32.1. The van der Waals surface area contributed by atoms with Crippen molar-refractivity contribution in [3.8, 4) is 0 Å². The maximum atomic E-state index is 12.0. The van der Waals surface area contributed by atoms with Gasteiger partial charge in [-0.1, -0.05) is 32.0 Å². The van der Waals surface area contributed by atoms with Crippen molar-refractivity contribution in [2.75, 3.05) is 6.54 Å². The number of carboxylic acid groups (broad SMARTS) is 1. The average molecular weight is 332 g/mol. The zero-order valence-electron chi connectivity index (χ0n) is 13.2. The molecular formula is C17H20N2O3S. The Labute approximate surface area is 139 Å². The lowest BCUT2D eigenvalue weighted by Crippen LogP contribution is -2.27. The molecular weight excluding hydrogens is 312 g/mol. The van der Waals surface area contributed by atoms with Gasteiger partial charge in [-0.3, -0.25) is 4.79 Å². The average Bonchev–Trinajstić information content (AvgIpc) is 2.96. The first-order chi connectivity index (χ1) is 11.0. The molecule has 0 saturated carbocycles. The molecule has 23 heavy (non-hydrogen) atoms. The summed E-state index contributed by atoms with van der Waals surface area (Å²) in [4.78, 5) is 27.6. The van der Waals surface area contributed by atoms with Crippen LogP contribution in [0.4, 0.5) is 0 Å². The first-order valence-electron chi connectivity index (χ1n) is 7.49. The SMILES string of the molecule is CC(C)c1nc(CCNC(=O)Cc2ccccc2C(=O)O)cs1. The lowest BCUT2D eigenvalue weighted by molar-refractivity contribution is -0.120. The highest BCUT2D eigenvalue weighted by Gasteiger charge is 2.12. The number of nitrogens with zero attached hydrogens (tertiary/aromatic N) is 1. The third-order valence-electron chi connectivity index (χ3n) is 3.37. The van der Waals surface area contributed by atoms with Crippen molar-refractivity contribution >= 4 is 23.2 Å². The highest BCUT2D eigenvalue weighted by molar-refractivity contribution is 7.09. The van der Waals surface area contributed by atoms with Gasteiger partial charge in [0.25, 0.3) is 0 Å². The Morgan fingerprint density at radius 3 is 2.70 bits per heavy atom. The molecule has 1 aromatic heterocycles. The van der Waals surface area contributed by atoms with E-state index in [1.807, 2.05) is 5.38 Å². The maximum absolute atomic E-state index is 12.0. The summed E-state index contributed by atoms with van der Waals surface area (Å²) < 4.78 is 0. The van der Waals surface area contributed by atoms with E-state index >= 15 is 0 Å². The van der Waals surface area contributed by atoms with Crippen LogP contribution in [-0.4, -0.2) is 28.5 Å². The molecule has 0 aliphatic heterocycles. The fraction of sp³-hybridized carbons (Fsp3) is 0.353. The molecule has 0 atom stereocenters. The van der Waals surface area contributed by atoms with Gasteiger partial charge in [0, 0.05) is 24.3 Å². The predicted molar refractivity (Wildman–Crippen MR) is 90.0 cm³/mol. The predicted octanol–water partition coefficient (Wildman–Crippen LogP) is 2.87. The number of carbonyl (C=O) groups is 2. The normalized spacial score (nSPS) is 10.7. The summed E-state index contributed by atoms with van der Waals surface area (Å²) >= 11 is 1.64. The smallest absolute Gasteiger partial charge is 0.335 e.